The van der Waals surface area contributed by atoms with Gasteiger partial charge in [-0.2, -0.15) is 0 Å². The van der Waals surface area contributed by atoms with E-state index in [-0.39, 0.29) is 0 Å². The molecule has 0 radical (unpaired) electrons. The molecule has 1 rings (SSSR count). The van der Waals surface area contributed by atoms with Crippen molar-refractivity contribution >= 4 is 8.56 Å². The Morgan fingerprint density at radius 2 is 1.68 bits per heavy atom. The molecule has 0 heterocycles. The Morgan fingerprint density at radius 3 is 2.21 bits per heavy atom. The summed E-state index contributed by atoms with van der Waals surface area (Å²) in [5.74, 6) is 0. The van der Waals surface area contributed by atoms with Gasteiger partial charge < -0.3 is 19.9 Å². The van der Waals surface area contributed by atoms with Gasteiger partial charge in [-0.3, -0.25) is 0 Å². The van der Waals surface area contributed by atoms with Crippen molar-refractivity contribution in [2.75, 3.05) is 20.8 Å². The quantitative estimate of drug-likeness (QED) is 0.537. The minimum atomic E-state index is -1.89. The first-order valence-electron chi connectivity index (χ1n) is 6.72. The summed E-state index contributed by atoms with van der Waals surface area (Å²) in [6.07, 6.45) is 1.07. The molecule has 0 saturated carbocycles. The van der Waals surface area contributed by atoms with E-state index in [0.29, 0.717) is 6.54 Å². The molecular weight excluding hydrogens is 256 g/mol. The molecule has 5 heteroatoms. The van der Waals surface area contributed by atoms with Crippen LogP contribution in [0.2, 0.25) is 12.6 Å². The van der Waals surface area contributed by atoms with Crippen LogP contribution < -0.4 is 11.1 Å². The monoisotopic (exact) mass is 282 g/mol. The topological polar surface area (TPSA) is 56.5 Å². The summed E-state index contributed by atoms with van der Waals surface area (Å²) >= 11 is 0. The lowest BCUT2D eigenvalue weighted by molar-refractivity contribution is 0.248. The van der Waals surface area contributed by atoms with Gasteiger partial charge in [-0.1, -0.05) is 24.3 Å². The van der Waals surface area contributed by atoms with Crippen LogP contribution >= 0.6 is 0 Å². The van der Waals surface area contributed by atoms with Gasteiger partial charge in [0.15, 0.2) is 0 Å². The zero-order valence-electron chi connectivity index (χ0n) is 12.2. The number of hydrogen-bond donors (Lipinski definition) is 2. The van der Waals surface area contributed by atoms with E-state index in [0.717, 1.165) is 25.6 Å². The minimum Gasteiger partial charge on any atom is -0.398 e. The molecule has 0 unspecified atom stereocenters. The van der Waals surface area contributed by atoms with E-state index in [9.17, 15) is 0 Å². The summed E-state index contributed by atoms with van der Waals surface area (Å²) in [7, 11) is 1.58. The summed E-state index contributed by atoms with van der Waals surface area (Å²) < 4.78 is 10.9. The van der Waals surface area contributed by atoms with Crippen molar-refractivity contribution in [3.8, 4) is 0 Å². The largest absolute Gasteiger partial charge is 0.398 e. The van der Waals surface area contributed by atoms with Crippen LogP contribution in [0.5, 0.6) is 0 Å². The van der Waals surface area contributed by atoms with Crippen LogP contribution in [0.3, 0.4) is 0 Å². The average Bonchev–Trinajstić information content (AvgIpc) is 2.47. The van der Waals surface area contributed by atoms with Gasteiger partial charge >= 0.3 is 8.56 Å². The van der Waals surface area contributed by atoms with Gasteiger partial charge in [0, 0.05) is 27.3 Å². The summed E-state index contributed by atoms with van der Waals surface area (Å²) in [6.45, 7) is 4.57. The van der Waals surface area contributed by atoms with Crippen molar-refractivity contribution in [1.29, 1.82) is 0 Å². The lowest BCUT2D eigenvalue weighted by atomic mass is 10.1. The number of nitrogens with one attached hydrogen (secondary N) is 1. The molecule has 0 aliphatic rings. The zero-order valence-corrected chi connectivity index (χ0v) is 13.2. The van der Waals surface area contributed by atoms with Crippen molar-refractivity contribution in [2.24, 2.45) is 5.73 Å². The molecule has 1 aromatic carbocycles. The Balaban J connectivity index is 2.20. The molecule has 0 saturated heterocycles. The van der Waals surface area contributed by atoms with Gasteiger partial charge in [-0.25, -0.2) is 0 Å². The Hall–Kier alpha value is -0.723. The lowest BCUT2D eigenvalue weighted by Crippen LogP contribution is -2.36. The highest BCUT2D eigenvalue weighted by molar-refractivity contribution is 6.65. The Morgan fingerprint density at radius 1 is 1.11 bits per heavy atom. The fourth-order valence-electron chi connectivity index (χ4n) is 1.85. The second-order valence-electron chi connectivity index (χ2n) is 4.84. The summed E-state index contributed by atoms with van der Waals surface area (Å²) in [4.78, 5) is 0. The number of rotatable bonds is 9. The molecule has 0 atom stereocenters. The standard InChI is InChI=1S/C14H26N2O2Si/c1-17-19(3,18-2)10-4-9-16-12-14-7-5-13(11-15)6-8-14/h5-8,16H,4,9-12,15H2,1-3H3. The molecule has 0 amide bonds. The van der Waals surface area contributed by atoms with Gasteiger partial charge in [0.2, 0.25) is 0 Å². The van der Waals surface area contributed by atoms with Crippen LogP contribution in [0.1, 0.15) is 17.5 Å². The summed E-state index contributed by atoms with van der Waals surface area (Å²) in [6, 6.07) is 9.42. The van der Waals surface area contributed by atoms with E-state index in [1.807, 2.05) is 0 Å². The molecule has 108 valence electrons. The molecule has 1 aromatic rings. The number of nitrogens with two attached hydrogens (primary N) is 1. The van der Waals surface area contributed by atoms with Crippen LogP contribution in [-0.2, 0) is 21.9 Å². The van der Waals surface area contributed by atoms with E-state index in [1.165, 1.54) is 11.1 Å². The first-order chi connectivity index (χ1) is 9.13. The molecule has 0 fully saturated rings. The van der Waals surface area contributed by atoms with Crippen molar-refractivity contribution in [2.45, 2.75) is 32.1 Å². The predicted molar refractivity (Wildman–Crippen MR) is 81.1 cm³/mol. The predicted octanol–water partition coefficient (Wildman–Crippen LogP) is 1.99. The smallest absolute Gasteiger partial charge is 0.334 e. The highest BCUT2D eigenvalue weighted by Crippen LogP contribution is 2.13. The molecule has 4 nitrogen and oxygen atoms in total. The summed E-state index contributed by atoms with van der Waals surface area (Å²) in [5, 5.41) is 3.44. The van der Waals surface area contributed by atoms with Crippen molar-refractivity contribution < 1.29 is 8.85 Å². The molecule has 0 bridgehead atoms. The van der Waals surface area contributed by atoms with Gasteiger partial charge in [0.1, 0.15) is 0 Å². The van der Waals surface area contributed by atoms with E-state index in [2.05, 4.69) is 36.1 Å². The number of hydrogen-bond acceptors (Lipinski definition) is 4. The fraction of sp³-hybridized carbons (Fsp3) is 0.571. The Kier molecular flexibility index (Phi) is 7.26. The first-order valence-corrected chi connectivity index (χ1v) is 9.25. The van der Waals surface area contributed by atoms with Crippen molar-refractivity contribution in [3.63, 3.8) is 0 Å². The van der Waals surface area contributed by atoms with Gasteiger partial charge in [-0.05, 0) is 36.7 Å². The normalized spacial score (nSPS) is 11.8. The molecule has 0 aliphatic heterocycles. The third-order valence-corrected chi connectivity index (χ3v) is 6.42. The Labute approximate surface area is 117 Å². The molecule has 0 aromatic heterocycles. The third kappa shape index (κ3) is 5.84. The maximum atomic E-state index is 5.57. The van der Waals surface area contributed by atoms with Crippen molar-refractivity contribution in [1.82, 2.24) is 5.32 Å². The highest BCUT2D eigenvalue weighted by Gasteiger charge is 2.27. The van der Waals surface area contributed by atoms with Crippen LogP contribution in [-0.4, -0.2) is 29.3 Å². The minimum absolute atomic E-state index is 0.602. The second-order valence-corrected chi connectivity index (χ2v) is 8.43. The molecule has 3 N–H and O–H groups in total. The van der Waals surface area contributed by atoms with E-state index in [1.54, 1.807) is 14.2 Å². The number of benzene rings is 1. The summed E-state index contributed by atoms with van der Waals surface area (Å²) in [5.41, 5.74) is 8.03. The van der Waals surface area contributed by atoms with Gasteiger partial charge in [0.05, 0.1) is 0 Å². The first kappa shape index (κ1) is 16.3. The fourth-order valence-corrected chi connectivity index (χ4v) is 3.24. The van der Waals surface area contributed by atoms with Crippen LogP contribution in [0.25, 0.3) is 0 Å². The molecule has 0 spiro atoms. The van der Waals surface area contributed by atoms with E-state index in [4.69, 9.17) is 14.6 Å². The highest BCUT2D eigenvalue weighted by atomic mass is 28.4. The van der Waals surface area contributed by atoms with Gasteiger partial charge in [-0.15, -0.1) is 0 Å². The van der Waals surface area contributed by atoms with Crippen LogP contribution in [0.4, 0.5) is 0 Å². The van der Waals surface area contributed by atoms with Crippen molar-refractivity contribution in [3.05, 3.63) is 35.4 Å². The maximum absolute atomic E-state index is 5.57. The van der Waals surface area contributed by atoms with Crippen LogP contribution in [0.15, 0.2) is 24.3 Å². The lowest BCUT2D eigenvalue weighted by Gasteiger charge is -2.22. The van der Waals surface area contributed by atoms with Crippen LogP contribution in [0, 0.1) is 0 Å². The maximum Gasteiger partial charge on any atom is 0.334 e. The second kappa shape index (κ2) is 8.45. The van der Waals surface area contributed by atoms with E-state index < -0.39 is 8.56 Å². The zero-order chi connectivity index (χ0) is 14.1. The average molecular weight is 282 g/mol. The SMILES string of the molecule is CO[Si](C)(CCCNCc1ccc(CN)cc1)OC. The Bertz CT molecular complexity index is 353. The third-order valence-electron chi connectivity index (χ3n) is 3.44. The van der Waals surface area contributed by atoms with Gasteiger partial charge in [0.25, 0.3) is 0 Å². The van der Waals surface area contributed by atoms with E-state index >= 15 is 0 Å². The molecule has 0 aliphatic carbocycles. The molecular formula is C14H26N2O2Si. The molecule has 19 heavy (non-hydrogen) atoms.